The van der Waals surface area contributed by atoms with Crippen molar-refractivity contribution < 1.29 is 9.32 Å². The number of amides is 2. The molecule has 1 aromatic carbocycles. The highest BCUT2D eigenvalue weighted by atomic mass is 32.2. The van der Waals surface area contributed by atoms with Gasteiger partial charge in [-0.2, -0.15) is 16.3 Å². The van der Waals surface area contributed by atoms with E-state index >= 15 is 0 Å². The standard InChI is InChI=1S/C20H22N4O2S2/c1-27-16-7-5-6-15(12-16)21-19(25)23-20(9-3-2-4-10-20)18-22-17(24-26-18)14-8-11-28-13-14/h5-8,11-13H,2-4,9-10H2,1H3,(H2,21,23,25). The number of hydrogen-bond donors (Lipinski definition) is 2. The van der Waals surface area contributed by atoms with Crippen molar-refractivity contribution in [3.05, 3.63) is 47.0 Å². The Hall–Kier alpha value is -2.32. The van der Waals surface area contributed by atoms with Crippen LogP contribution in [0.2, 0.25) is 0 Å². The number of aromatic nitrogens is 2. The number of hydrogen-bond acceptors (Lipinski definition) is 6. The molecule has 0 saturated heterocycles. The van der Waals surface area contributed by atoms with Crippen LogP contribution < -0.4 is 10.6 Å². The molecule has 4 rings (SSSR count). The molecule has 0 spiro atoms. The zero-order valence-corrected chi connectivity index (χ0v) is 17.2. The number of anilines is 1. The molecule has 1 fully saturated rings. The van der Waals surface area contributed by atoms with E-state index in [1.165, 1.54) is 0 Å². The summed E-state index contributed by atoms with van der Waals surface area (Å²) in [5.41, 5.74) is 1.07. The third-order valence-corrected chi connectivity index (χ3v) is 6.41. The van der Waals surface area contributed by atoms with Crippen LogP contribution in [0.5, 0.6) is 0 Å². The molecule has 0 aliphatic heterocycles. The summed E-state index contributed by atoms with van der Waals surface area (Å²) in [6, 6.07) is 9.50. The lowest BCUT2D eigenvalue weighted by Crippen LogP contribution is -2.49. The molecule has 28 heavy (non-hydrogen) atoms. The predicted molar refractivity (Wildman–Crippen MR) is 113 cm³/mol. The van der Waals surface area contributed by atoms with Gasteiger partial charge in [0.2, 0.25) is 5.82 Å². The van der Waals surface area contributed by atoms with Crippen LogP contribution in [0.1, 0.15) is 38.0 Å². The molecule has 2 heterocycles. The molecular formula is C20H22N4O2S2. The summed E-state index contributed by atoms with van der Waals surface area (Å²) in [4.78, 5) is 18.5. The molecule has 1 saturated carbocycles. The molecule has 0 atom stereocenters. The summed E-state index contributed by atoms with van der Waals surface area (Å²) in [7, 11) is 0. The Morgan fingerprint density at radius 2 is 2.11 bits per heavy atom. The SMILES string of the molecule is CSc1cccc(NC(=O)NC2(c3nc(-c4ccsc4)no3)CCCCC2)c1. The molecule has 0 bridgehead atoms. The number of thioether (sulfide) groups is 1. The van der Waals surface area contributed by atoms with Gasteiger partial charge in [-0.25, -0.2) is 4.79 Å². The maximum atomic E-state index is 12.8. The van der Waals surface area contributed by atoms with E-state index in [4.69, 9.17) is 4.52 Å². The number of nitrogens with zero attached hydrogens (tertiary/aromatic N) is 2. The number of benzene rings is 1. The second-order valence-electron chi connectivity index (χ2n) is 6.89. The number of carbonyl (C=O) groups excluding carboxylic acids is 1. The second-order valence-corrected chi connectivity index (χ2v) is 8.55. The van der Waals surface area contributed by atoms with Crippen molar-refractivity contribution >= 4 is 34.8 Å². The van der Waals surface area contributed by atoms with Crippen LogP contribution in [0.4, 0.5) is 10.5 Å². The average molecular weight is 415 g/mol. The molecule has 3 aromatic rings. The van der Waals surface area contributed by atoms with Crippen molar-refractivity contribution in [1.82, 2.24) is 15.5 Å². The van der Waals surface area contributed by atoms with Crippen LogP contribution in [0.25, 0.3) is 11.4 Å². The third-order valence-electron chi connectivity index (χ3n) is 5.00. The molecule has 1 aliphatic carbocycles. The van der Waals surface area contributed by atoms with Crippen LogP contribution in [0.15, 0.2) is 50.5 Å². The van der Waals surface area contributed by atoms with Gasteiger partial charge in [0.1, 0.15) is 5.54 Å². The summed E-state index contributed by atoms with van der Waals surface area (Å²) >= 11 is 3.23. The topological polar surface area (TPSA) is 80.0 Å². The van der Waals surface area contributed by atoms with Crippen molar-refractivity contribution in [3.63, 3.8) is 0 Å². The Morgan fingerprint density at radius 3 is 2.86 bits per heavy atom. The van der Waals surface area contributed by atoms with Gasteiger partial charge in [0.05, 0.1) is 0 Å². The summed E-state index contributed by atoms with van der Waals surface area (Å²) in [6.07, 6.45) is 6.76. The first kappa shape index (κ1) is 19.0. The van der Waals surface area contributed by atoms with Gasteiger partial charge in [0, 0.05) is 21.5 Å². The highest BCUT2D eigenvalue weighted by molar-refractivity contribution is 7.98. The summed E-state index contributed by atoms with van der Waals surface area (Å²) in [5.74, 6) is 1.05. The molecule has 2 amide bonds. The first-order valence-corrected chi connectivity index (χ1v) is 11.5. The Morgan fingerprint density at radius 1 is 1.25 bits per heavy atom. The number of rotatable bonds is 5. The van der Waals surface area contributed by atoms with E-state index in [9.17, 15) is 4.79 Å². The minimum absolute atomic E-state index is 0.254. The van der Waals surface area contributed by atoms with E-state index < -0.39 is 5.54 Å². The van der Waals surface area contributed by atoms with Gasteiger partial charge in [-0.3, -0.25) is 0 Å². The minimum Gasteiger partial charge on any atom is -0.336 e. The van der Waals surface area contributed by atoms with Gasteiger partial charge in [-0.1, -0.05) is 30.5 Å². The Bertz CT molecular complexity index is 933. The van der Waals surface area contributed by atoms with Crippen LogP contribution in [0, 0.1) is 0 Å². The quantitative estimate of drug-likeness (QED) is 0.539. The number of urea groups is 1. The molecule has 146 valence electrons. The van der Waals surface area contributed by atoms with E-state index in [0.29, 0.717) is 11.7 Å². The zero-order chi connectivity index (χ0) is 19.4. The highest BCUT2D eigenvalue weighted by Crippen LogP contribution is 2.37. The molecule has 1 aliphatic rings. The van der Waals surface area contributed by atoms with Gasteiger partial charge in [0.15, 0.2) is 0 Å². The van der Waals surface area contributed by atoms with Crippen molar-refractivity contribution in [2.24, 2.45) is 0 Å². The zero-order valence-electron chi connectivity index (χ0n) is 15.6. The maximum absolute atomic E-state index is 12.8. The lowest BCUT2D eigenvalue weighted by atomic mass is 9.81. The van der Waals surface area contributed by atoms with Crippen molar-refractivity contribution in [3.8, 4) is 11.4 Å². The second kappa shape index (κ2) is 8.36. The Kier molecular flexibility index (Phi) is 5.68. The van der Waals surface area contributed by atoms with Gasteiger partial charge in [-0.15, -0.1) is 11.8 Å². The van der Waals surface area contributed by atoms with Crippen LogP contribution >= 0.6 is 23.1 Å². The fraction of sp³-hybridized carbons (Fsp3) is 0.350. The smallest absolute Gasteiger partial charge is 0.320 e. The van der Waals surface area contributed by atoms with Crippen molar-refractivity contribution in [2.45, 2.75) is 42.5 Å². The molecule has 2 aromatic heterocycles. The van der Waals surface area contributed by atoms with Crippen molar-refractivity contribution in [1.29, 1.82) is 0 Å². The van der Waals surface area contributed by atoms with Gasteiger partial charge >= 0.3 is 6.03 Å². The fourth-order valence-electron chi connectivity index (χ4n) is 3.55. The molecule has 6 nitrogen and oxygen atoms in total. The lowest BCUT2D eigenvalue weighted by Gasteiger charge is -2.34. The molecular weight excluding hydrogens is 392 g/mol. The van der Waals surface area contributed by atoms with E-state index in [2.05, 4.69) is 20.8 Å². The molecule has 0 unspecified atom stereocenters. The van der Waals surface area contributed by atoms with Gasteiger partial charge in [-0.05, 0) is 48.7 Å². The van der Waals surface area contributed by atoms with Crippen LogP contribution in [-0.4, -0.2) is 22.4 Å². The van der Waals surface area contributed by atoms with E-state index in [1.54, 1.807) is 23.1 Å². The Balaban J connectivity index is 1.55. The van der Waals surface area contributed by atoms with Crippen LogP contribution in [-0.2, 0) is 5.54 Å². The maximum Gasteiger partial charge on any atom is 0.320 e. The highest BCUT2D eigenvalue weighted by Gasteiger charge is 2.41. The van der Waals surface area contributed by atoms with Gasteiger partial charge < -0.3 is 15.2 Å². The molecule has 0 radical (unpaired) electrons. The number of thiophene rings is 1. The largest absolute Gasteiger partial charge is 0.336 e. The number of nitrogens with one attached hydrogen (secondary N) is 2. The van der Waals surface area contributed by atoms with Gasteiger partial charge in [0.25, 0.3) is 5.89 Å². The Labute approximate surface area is 172 Å². The third kappa shape index (κ3) is 4.07. The normalized spacial score (nSPS) is 15.9. The summed E-state index contributed by atoms with van der Waals surface area (Å²) < 4.78 is 5.62. The monoisotopic (exact) mass is 414 g/mol. The lowest BCUT2D eigenvalue weighted by molar-refractivity contribution is 0.173. The van der Waals surface area contributed by atoms with E-state index in [1.807, 2.05) is 47.3 Å². The first-order valence-electron chi connectivity index (χ1n) is 9.28. The minimum atomic E-state index is -0.624. The molecule has 8 heteroatoms. The van der Waals surface area contributed by atoms with E-state index in [-0.39, 0.29) is 6.03 Å². The summed E-state index contributed by atoms with van der Waals surface area (Å²) in [6.45, 7) is 0. The van der Waals surface area contributed by atoms with E-state index in [0.717, 1.165) is 48.3 Å². The van der Waals surface area contributed by atoms with Crippen LogP contribution in [0.3, 0.4) is 0 Å². The predicted octanol–water partition coefficient (Wildman–Crippen LogP) is 5.50. The summed E-state index contributed by atoms with van der Waals surface area (Å²) in [5, 5.41) is 14.2. The van der Waals surface area contributed by atoms with Crippen molar-refractivity contribution in [2.75, 3.05) is 11.6 Å². The molecule has 2 N–H and O–H groups in total. The fourth-order valence-corrected chi connectivity index (χ4v) is 4.65. The number of carbonyl (C=O) groups is 1. The average Bonchev–Trinajstić information content (AvgIpc) is 3.40. The first-order chi connectivity index (χ1) is 13.7.